The molecular weight excluding hydrogens is 256 g/mol. The van der Waals surface area contributed by atoms with Gasteiger partial charge in [-0.3, -0.25) is 0 Å². The van der Waals surface area contributed by atoms with Gasteiger partial charge in [-0.1, -0.05) is 11.2 Å². The summed E-state index contributed by atoms with van der Waals surface area (Å²) in [5, 5.41) is 7.38. The van der Waals surface area contributed by atoms with Crippen LogP contribution < -0.4 is 14.8 Å². The van der Waals surface area contributed by atoms with Crippen LogP contribution in [-0.4, -0.2) is 39.1 Å². The first-order valence-corrected chi connectivity index (χ1v) is 6.55. The smallest absolute Gasteiger partial charge is 0.161 e. The highest BCUT2D eigenvalue weighted by molar-refractivity contribution is 6.01. The summed E-state index contributed by atoms with van der Waals surface area (Å²) in [5.74, 6) is 1.40. The maximum atomic E-state index is 5.42. The average Bonchev–Trinajstić information content (AvgIpc) is 2.95. The summed E-state index contributed by atoms with van der Waals surface area (Å²) in [6.45, 7) is 5.19. The zero-order chi connectivity index (χ0) is 14.4. The number of hydrogen-bond acceptors (Lipinski definition) is 5. The highest BCUT2D eigenvalue weighted by Gasteiger charge is 2.22. The van der Waals surface area contributed by atoms with Crippen LogP contribution in [0.4, 0.5) is 0 Å². The minimum absolute atomic E-state index is 0.0676. The number of rotatable bonds is 7. The molecule has 0 bridgehead atoms. The van der Waals surface area contributed by atoms with Crippen molar-refractivity contribution in [3.05, 3.63) is 36.4 Å². The van der Waals surface area contributed by atoms with Gasteiger partial charge in [-0.05, 0) is 18.2 Å². The van der Waals surface area contributed by atoms with E-state index in [-0.39, 0.29) is 6.10 Å². The molecule has 0 amide bonds. The first-order valence-electron chi connectivity index (χ1n) is 6.55. The van der Waals surface area contributed by atoms with E-state index < -0.39 is 0 Å². The zero-order valence-electron chi connectivity index (χ0n) is 11.9. The van der Waals surface area contributed by atoms with E-state index in [0.29, 0.717) is 11.5 Å². The van der Waals surface area contributed by atoms with Crippen molar-refractivity contribution in [1.29, 1.82) is 0 Å². The Morgan fingerprint density at radius 3 is 2.90 bits per heavy atom. The lowest BCUT2D eigenvalue weighted by atomic mass is 10.0. The van der Waals surface area contributed by atoms with Gasteiger partial charge >= 0.3 is 0 Å². The van der Waals surface area contributed by atoms with Gasteiger partial charge in [0.2, 0.25) is 0 Å². The lowest BCUT2D eigenvalue weighted by Gasteiger charge is -2.09. The van der Waals surface area contributed by atoms with Crippen LogP contribution in [0, 0.1) is 0 Å². The molecule has 0 radical (unpaired) electrons. The number of nitrogens with zero attached hydrogens (tertiary/aromatic N) is 1. The first kappa shape index (κ1) is 14.4. The Balaban J connectivity index is 2.01. The monoisotopic (exact) mass is 276 g/mol. The summed E-state index contributed by atoms with van der Waals surface area (Å²) in [6, 6.07) is 5.75. The third kappa shape index (κ3) is 3.30. The van der Waals surface area contributed by atoms with Crippen molar-refractivity contribution in [2.24, 2.45) is 5.16 Å². The molecule has 0 fully saturated rings. The maximum absolute atomic E-state index is 5.42. The summed E-state index contributed by atoms with van der Waals surface area (Å²) >= 11 is 0. The minimum atomic E-state index is 0.0676. The van der Waals surface area contributed by atoms with Crippen molar-refractivity contribution in [2.45, 2.75) is 12.5 Å². The molecule has 0 saturated carbocycles. The first-order chi connectivity index (χ1) is 9.78. The van der Waals surface area contributed by atoms with Gasteiger partial charge in [-0.2, -0.15) is 0 Å². The fraction of sp³-hybridized carbons (Fsp3) is 0.400. The molecule has 5 heteroatoms. The average molecular weight is 276 g/mol. The maximum Gasteiger partial charge on any atom is 0.161 e. The van der Waals surface area contributed by atoms with Gasteiger partial charge in [0.25, 0.3) is 0 Å². The van der Waals surface area contributed by atoms with E-state index in [1.165, 1.54) is 0 Å². The fourth-order valence-corrected chi connectivity index (χ4v) is 2.07. The van der Waals surface area contributed by atoms with Crippen molar-refractivity contribution < 1.29 is 14.3 Å². The Hall–Kier alpha value is -2.01. The Morgan fingerprint density at radius 1 is 1.40 bits per heavy atom. The topological polar surface area (TPSA) is 52.1 Å². The van der Waals surface area contributed by atoms with E-state index in [4.69, 9.17) is 14.3 Å². The molecule has 2 rings (SSSR count). The van der Waals surface area contributed by atoms with Gasteiger partial charge in [0.1, 0.15) is 6.10 Å². The van der Waals surface area contributed by atoms with Crippen LogP contribution in [0.3, 0.4) is 0 Å². The van der Waals surface area contributed by atoms with Crippen molar-refractivity contribution >= 4 is 5.71 Å². The van der Waals surface area contributed by atoms with Crippen LogP contribution in [0.2, 0.25) is 0 Å². The predicted molar refractivity (Wildman–Crippen MR) is 78.6 cm³/mol. The molecule has 1 aliphatic heterocycles. The molecule has 1 atom stereocenters. The molecule has 5 nitrogen and oxygen atoms in total. The molecular formula is C15H20N2O3. The zero-order valence-corrected chi connectivity index (χ0v) is 11.9. The fourth-order valence-electron chi connectivity index (χ4n) is 2.07. The van der Waals surface area contributed by atoms with Crippen LogP contribution in [0.5, 0.6) is 11.5 Å². The molecule has 1 unspecified atom stereocenters. The largest absolute Gasteiger partial charge is 0.493 e. The lowest BCUT2D eigenvalue weighted by molar-refractivity contribution is 0.0859. The Kier molecular flexibility index (Phi) is 5.01. The Bertz CT molecular complexity index is 500. The van der Waals surface area contributed by atoms with Crippen LogP contribution in [0.15, 0.2) is 36.0 Å². The number of hydrogen-bond donors (Lipinski definition) is 1. The van der Waals surface area contributed by atoms with E-state index in [2.05, 4.69) is 17.1 Å². The van der Waals surface area contributed by atoms with Gasteiger partial charge in [-0.15, -0.1) is 6.58 Å². The standard InChI is InChI=1S/C15H20N2O3/c1-4-7-16-10-12-9-13(17-20-12)11-5-6-14(18-2)15(8-11)19-3/h4-6,8,12,16H,1,7,9-10H2,2-3H3. The minimum Gasteiger partial charge on any atom is -0.493 e. The Morgan fingerprint density at radius 2 is 2.20 bits per heavy atom. The van der Waals surface area contributed by atoms with Crippen molar-refractivity contribution in [1.82, 2.24) is 5.32 Å². The molecule has 1 heterocycles. The molecule has 20 heavy (non-hydrogen) atoms. The van der Waals surface area contributed by atoms with Crippen LogP contribution >= 0.6 is 0 Å². The van der Waals surface area contributed by atoms with Gasteiger partial charge in [0.05, 0.1) is 19.9 Å². The van der Waals surface area contributed by atoms with Crippen LogP contribution in [0.1, 0.15) is 12.0 Å². The van der Waals surface area contributed by atoms with E-state index in [1.807, 2.05) is 24.3 Å². The Labute approximate surface area is 119 Å². The molecule has 0 aliphatic carbocycles. The van der Waals surface area contributed by atoms with Gasteiger partial charge < -0.3 is 19.6 Å². The van der Waals surface area contributed by atoms with Gasteiger partial charge in [0.15, 0.2) is 11.5 Å². The molecule has 0 saturated heterocycles. The molecule has 1 aromatic carbocycles. The number of ether oxygens (including phenoxy) is 2. The second-order valence-corrected chi connectivity index (χ2v) is 4.49. The van der Waals surface area contributed by atoms with E-state index >= 15 is 0 Å². The number of benzene rings is 1. The second-order valence-electron chi connectivity index (χ2n) is 4.49. The van der Waals surface area contributed by atoms with Crippen molar-refractivity contribution in [3.63, 3.8) is 0 Å². The van der Waals surface area contributed by atoms with E-state index in [0.717, 1.165) is 30.8 Å². The molecule has 1 aliphatic rings. The van der Waals surface area contributed by atoms with Gasteiger partial charge in [-0.25, -0.2) is 0 Å². The highest BCUT2D eigenvalue weighted by Crippen LogP contribution is 2.29. The van der Waals surface area contributed by atoms with Crippen molar-refractivity contribution in [3.8, 4) is 11.5 Å². The second kappa shape index (κ2) is 6.96. The highest BCUT2D eigenvalue weighted by atomic mass is 16.6. The molecule has 1 aromatic rings. The summed E-state index contributed by atoms with van der Waals surface area (Å²) in [6.07, 6.45) is 2.67. The lowest BCUT2D eigenvalue weighted by Crippen LogP contribution is -2.27. The predicted octanol–water partition coefficient (Wildman–Crippen LogP) is 1.97. The quantitative estimate of drug-likeness (QED) is 0.611. The van der Waals surface area contributed by atoms with Gasteiger partial charge in [0, 0.05) is 25.1 Å². The molecule has 1 N–H and O–H groups in total. The number of nitrogens with one attached hydrogen (secondary N) is 1. The summed E-state index contributed by atoms with van der Waals surface area (Å²) in [4.78, 5) is 5.42. The number of oxime groups is 1. The SMILES string of the molecule is C=CCNCC1CC(c2ccc(OC)c(OC)c2)=NO1. The molecule has 108 valence electrons. The summed E-state index contributed by atoms with van der Waals surface area (Å²) in [5.41, 5.74) is 1.92. The normalized spacial score (nSPS) is 17.3. The van der Waals surface area contributed by atoms with Crippen LogP contribution in [-0.2, 0) is 4.84 Å². The van der Waals surface area contributed by atoms with Crippen LogP contribution in [0.25, 0.3) is 0 Å². The third-order valence-electron chi connectivity index (χ3n) is 3.11. The molecule has 0 spiro atoms. The third-order valence-corrected chi connectivity index (χ3v) is 3.11. The number of methoxy groups -OCH3 is 2. The summed E-state index contributed by atoms with van der Waals surface area (Å²) in [7, 11) is 3.24. The van der Waals surface area contributed by atoms with E-state index in [1.54, 1.807) is 14.2 Å². The van der Waals surface area contributed by atoms with E-state index in [9.17, 15) is 0 Å². The summed E-state index contributed by atoms with van der Waals surface area (Å²) < 4.78 is 10.5. The molecule has 0 aromatic heterocycles. The van der Waals surface area contributed by atoms with Crippen molar-refractivity contribution in [2.75, 3.05) is 27.3 Å².